The molecule has 0 aliphatic heterocycles. The van der Waals surface area contributed by atoms with Crippen molar-refractivity contribution in [2.24, 2.45) is 5.92 Å². The second kappa shape index (κ2) is 6.20. The number of hydrogen-bond acceptors (Lipinski definition) is 3. The maximum absolute atomic E-state index is 8.67. The van der Waals surface area contributed by atoms with Crippen LogP contribution in [0.2, 0.25) is 0 Å². The van der Waals surface area contributed by atoms with Crippen molar-refractivity contribution in [1.29, 1.82) is 5.26 Å². The lowest BCUT2D eigenvalue weighted by Gasteiger charge is -2.17. The number of hydrogen-bond donors (Lipinski definition) is 0. The fourth-order valence-corrected chi connectivity index (χ4v) is 1.54. The van der Waals surface area contributed by atoms with Crippen molar-refractivity contribution in [2.75, 3.05) is 20.1 Å². The molecule has 0 amide bonds. The van der Waals surface area contributed by atoms with Crippen molar-refractivity contribution in [2.45, 2.75) is 19.9 Å². The third kappa shape index (κ3) is 4.61. The van der Waals surface area contributed by atoms with Crippen molar-refractivity contribution in [3.8, 4) is 6.07 Å². The number of aromatic nitrogens is 2. The van der Waals surface area contributed by atoms with Gasteiger partial charge in [0.25, 0.3) is 0 Å². The predicted molar refractivity (Wildman–Crippen MR) is 59.1 cm³/mol. The van der Waals surface area contributed by atoms with Crippen LogP contribution in [0.1, 0.15) is 13.3 Å². The molecule has 0 aliphatic carbocycles. The molecule has 1 unspecified atom stereocenters. The van der Waals surface area contributed by atoms with Crippen LogP contribution >= 0.6 is 0 Å². The highest BCUT2D eigenvalue weighted by Crippen LogP contribution is 1.98. The minimum atomic E-state index is 0.114. The minimum absolute atomic E-state index is 0.114. The van der Waals surface area contributed by atoms with E-state index in [1.54, 1.807) is 6.20 Å². The van der Waals surface area contributed by atoms with Crippen molar-refractivity contribution in [3.05, 3.63) is 18.7 Å². The molecule has 0 saturated carbocycles. The molecule has 1 atom stereocenters. The van der Waals surface area contributed by atoms with Crippen LogP contribution in [0.3, 0.4) is 0 Å². The summed E-state index contributed by atoms with van der Waals surface area (Å²) in [5.74, 6) is 0.114. The van der Waals surface area contributed by atoms with Gasteiger partial charge in [0.05, 0.1) is 18.3 Å². The van der Waals surface area contributed by atoms with Crippen LogP contribution in [0.4, 0.5) is 0 Å². The third-order valence-corrected chi connectivity index (χ3v) is 2.32. The zero-order chi connectivity index (χ0) is 11.1. The fraction of sp³-hybridized carbons (Fsp3) is 0.636. The largest absolute Gasteiger partial charge is 0.337 e. The Labute approximate surface area is 91.1 Å². The molecule has 1 heterocycles. The van der Waals surface area contributed by atoms with E-state index in [1.807, 2.05) is 19.4 Å². The summed E-state index contributed by atoms with van der Waals surface area (Å²) in [6, 6.07) is 2.24. The Kier molecular flexibility index (Phi) is 4.85. The van der Waals surface area contributed by atoms with Gasteiger partial charge in [-0.15, -0.1) is 0 Å². The fourth-order valence-electron chi connectivity index (χ4n) is 1.54. The third-order valence-electron chi connectivity index (χ3n) is 2.32. The highest BCUT2D eigenvalue weighted by atomic mass is 15.1. The van der Waals surface area contributed by atoms with Crippen LogP contribution in [0.15, 0.2) is 18.7 Å². The summed E-state index contributed by atoms with van der Waals surface area (Å²) in [5.41, 5.74) is 0. The number of imidazole rings is 1. The van der Waals surface area contributed by atoms with Gasteiger partial charge in [-0.05, 0) is 26.9 Å². The second-order valence-electron chi connectivity index (χ2n) is 3.95. The van der Waals surface area contributed by atoms with Gasteiger partial charge < -0.3 is 9.47 Å². The number of nitriles is 1. The maximum Gasteiger partial charge on any atom is 0.0945 e. The van der Waals surface area contributed by atoms with Gasteiger partial charge in [0.1, 0.15) is 0 Å². The Balaban J connectivity index is 2.12. The predicted octanol–water partition coefficient (Wildman–Crippen LogP) is 1.36. The average Bonchev–Trinajstić information content (AvgIpc) is 2.70. The lowest BCUT2D eigenvalue weighted by atomic mass is 10.2. The molecule has 0 N–H and O–H groups in total. The van der Waals surface area contributed by atoms with E-state index in [9.17, 15) is 0 Å². The molecule has 15 heavy (non-hydrogen) atoms. The molecular formula is C11H18N4. The van der Waals surface area contributed by atoms with Gasteiger partial charge in [0, 0.05) is 25.5 Å². The Bertz CT molecular complexity index is 299. The molecule has 0 saturated heterocycles. The lowest BCUT2D eigenvalue weighted by Crippen LogP contribution is -2.25. The smallest absolute Gasteiger partial charge is 0.0945 e. The van der Waals surface area contributed by atoms with E-state index < -0.39 is 0 Å². The van der Waals surface area contributed by atoms with Gasteiger partial charge in [-0.2, -0.15) is 5.26 Å². The van der Waals surface area contributed by atoms with Gasteiger partial charge in [-0.25, -0.2) is 4.98 Å². The summed E-state index contributed by atoms with van der Waals surface area (Å²) < 4.78 is 2.07. The van der Waals surface area contributed by atoms with Crippen molar-refractivity contribution in [1.82, 2.24) is 14.5 Å². The molecule has 0 bridgehead atoms. The maximum atomic E-state index is 8.67. The average molecular weight is 206 g/mol. The Morgan fingerprint density at radius 2 is 2.40 bits per heavy atom. The molecule has 4 nitrogen and oxygen atoms in total. The zero-order valence-corrected chi connectivity index (χ0v) is 9.43. The first-order chi connectivity index (χ1) is 7.22. The zero-order valence-electron chi connectivity index (χ0n) is 9.43. The Morgan fingerprint density at radius 1 is 1.60 bits per heavy atom. The summed E-state index contributed by atoms with van der Waals surface area (Å²) in [4.78, 5) is 6.19. The van der Waals surface area contributed by atoms with Crippen molar-refractivity contribution >= 4 is 0 Å². The van der Waals surface area contributed by atoms with E-state index in [1.165, 1.54) is 0 Å². The van der Waals surface area contributed by atoms with Crippen LogP contribution in [0.25, 0.3) is 0 Å². The van der Waals surface area contributed by atoms with Crippen LogP contribution in [-0.4, -0.2) is 34.6 Å². The van der Waals surface area contributed by atoms with Crippen LogP contribution in [0, 0.1) is 17.2 Å². The van der Waals surface area contributed by atoms with Crippen molar-refractivity contribution in [3.63, 3.8) is 0 Å². The normalized spacial score (nSPS) is 12.7. The topological polar surface area (TPSA) is 44.9 Å². The van der Waals surface area contributed by atoms with Crippen molar-refractivity contribution < 1.29 is 0 Å². The molecule has 1 aromatic heterocycles. The quantitative estimate of drug-likeness (QED) is 0.706. The molecule has 0 fully saturated rings. The number of nitrogens with zero attached hydrogens (tertiary/aromatic N) is 4. The highest BCUT2D eigenvalue weighted by Gasteiger charge is 2.04. The van der Waals surface area contributed by atoms with Gasteiger partial charge in [0.2, 0.25) is 0 Å². The van der Waals surface area contributed by atoms with E-state index in [4.69, 9.17) is 5.26 Å². The van der Waals surface area contributed by atoms with E-state index in [0.717, 1.165) is 26.1 Å². The molecule has 4 heteroatoms. The molecule has 0 aromatic carbocycles. The molecular weight excluding hydrogens is 188 g/mol. The Hall–Kier alpha value is -1.34. The minimum Gasteiger partial charge on any atom is -0.337 e. The summed E-state index contributed by atoms with van der Waals surface area (Å²) in [6.07, 6.45) is 6.68. The summed E-state index contributed by atoms with van der Waals surface area (Å²) in [6.45, 7) is 4.81. The van der Waals surface area contributed by atoms with Gasteiger partial charge in [-0.3, -0.25) is 0 Å². The Morgan fingerprint density at radius 3 is 3.00 bits per heavy atom. The van der Waals surface area contributed by atoms with Crippen LogP contribution in [0.5, 0.6) is 0 Å². The second-order valence-corrected chi connectivity index (χ2v) is 3.95. The first-order valence-electron chi connectivity index (χ1n) is 5.26. The molecule has 82 valence electrons. The number of aryl methyl sites for hydroxylation is 1. The first-order valence-corrected chi connectivity index (χ1v) is 5.26. The monoisotopic (exact) mass is 206 g/mol. The SMILES string of the molecule is CC(C#N)CN(C)CCCn1ccnc1. The van der Waals surface area contributed by atoms with E-state index >= 15 is 0 Å². The molecule has 0 aliphatic rings. The highest BCUT2D eigenvalue weighted by molar-refractivity contribution is 4.80. The van der Waals surface area contributed by atoms with Crippen LogP contribution < -0.4 is 0 Å². The molecule has 1 rings (SSSR count). The lowest BCUT2D eigenvalue weighted by molar-refractivity contribution is 0.300. The van der Waals surface area contributed by atoms with E-state index in [2.05, 4.69) is 27.6 Å². The molecule has 0 radical (unpaired) electrons. The molecule has 1 aromatic rings. The van der Waals surface area contributed by atoms with Gasteiger partial charge in [0.15, 0.2) is 0 Å². The van der Waals surface area contributed by atoms with E-state index in [0.29, 0.717) is 0 Å². The summed E-state index contributed by atoms with van der Waals surface area (Å²) in [5, 5.41) is 8.67. The molecule has 0 spiro atoms. The first kappa shape index (κ1) is 11.7. The van der Waals surface area contributed by atoms with Gasteiger partial charge >= 0.3 is 0 Å². The van der Waals surface area contributed by atoms with Gasteiger partial charge in [-0.1, -0.05) is 0 Å². The van der Waals surface area contributed by atoms with E-state index in [-0.39, 0.29) is 5.92 Å². The van der Waals surface area contributed by atoms with Crippen LogP contribution in [-0.2, 0) is 6.54 Å². The summed E-state index contributed by atoms with van der Waals surface area (Å²) in [7, 11) is 2.06. The summed E-state index contributed by atoms with van der Waals surface area (Å²) >= 11 is 0. The standard InChI is InChI=1S/C11H18N4/c1-11(8-12)9-14(2)5-3-6-15-7-4-13-10-15/h4,7,10-11H,3,5-6,9H2,1-2H3. The number of rotatable bonds is 6.